The summed E-state index contributed by atoms with van der Waals surface area (Å²) < 4.78 is 40.4. The highest BCUT2D eigenvalue weighted by atomic mass is 35.5. The number of alkyl halides is 3. The number of allylic oxidation sites excluding steroid dienone is 2. The Morgan fingerprint density at radius 2 is 1.88 bits per heavy atom. The lowest BCUT2D eigenvalue weighted by atomic mass is 9.75. The van der Waals surface area contributed by atoms with E-state index in [2.05, 4.69) is 10.3 Å². The molecule has 1 aliphatic heterocycles. The second-order valence-corrected chi connectivity index (χ2v) is 6.54. The van der Waals surface area contributed by atoms with Crippen molar-refractivity contribution in [3.8, 4) is 0 Å². The van der Waals surface area contributed by atoms with Crippen LogP contribution in [-0.4, -0.2) is 4.98 Å². The fourth-order valence-electron chi connectivity index (χ4n) is 3.82. The molecule has 2 heterocycles. The predicted molar refractivity (Wildman–Crippen MR) is 87.0 cm³/mol. The summed E-state index contributed by atoms with van der Waals surface area (Å²) in [6.45, 7) is 0. The van der Waals surface area contributed by atoms with Gasteiger partial charge < -0.3 is 5.32 Å². The van der Waals surface area contributed by atoms with E-state index < -0.39 is 11.7 Å². The number of pyridine rings is 1. The van der Waals surface area contributed by atoms with Crippen molar-refractivity contribution < 1.29 is 13.2 Å². The molecule has 0 fully saturated rings. The van der Waals surface area contributed by atoms with Crippen molar-refractivity contribution in [1.29, 1.82) is 0 Å². The van der Waals surface area contributed by atoms with Crippen LogP contribution in [0.25, 0.3) is 0 Å². The number of rotatable bonds is 1. The van der Waals surface area contributed by atoms with E-state index in [4.69, 9.17) is 11.6 Å². The maximum atomic E-state index is 13.5. The zero-order chi connectivity index (χ0) is 16.9. The van der Waals surface area contributed by atoms with E-state index in [1.165, 1.54) is 6.07 Å². The van der Waals surface area contributed by atoms with Gasteiger partial charge in [0.25, 0.3) is 0 Å². The Morgan fingerprint density at radius 1 is 1.12 bits per heavy atom. The smallest absolute Gasteiger partial charge is 0.376 e. The summed E-state index contributed by atoms with van der Waals surface area (Å²) in [5, 5.41) is 3.58. The van der Waals surface area contributed by atoms with Gasteiger partial charge in [-0.25, -0.2) is 0 Å². The number of hydrogen-bond donors (Lipinski definition) is 1. The van der Waals surface area contributed by atoms with Crippen LogP contribution in [0.3, 0.4) is 0 Å². The lowest BCUT2D eigenvalue weighted by molar-refractivity contribution is -0.138. The maximum absolute atomic E-state index is 13.5. The second kappa shape index (κ2) is 5.52. The molecule has 0 bridgehead atoms. The lowest BCUT2D eigenvalue weighted by Crippen LogP contribution is -2.31. The first kappa shape index (κ1) is 15.5. The molecular formula is C18H14ClF3N2. The Balaban J connectivity index is 1.89. The van der Waals surface area contributed by atoms with Crippen LogP contribution in [0.4, 0.5) is 18.9 Å². The van der Waals surface area contributed by atoms with Crippen molar-refractivity contribution in [2.24, 2.45) is 5.92 Å². The molecule has 3 atom stereocenters. The molecule has 1 aromatic heterocycles. The molecule has 6 heteroatoms. The van der Waals surface area contributed by atoms with E-state index in [-0.39, 0.29) is 23.4 Å². The van der Waals surface area contributed by atoms with Crippen LogP contribution in [0, 0.1) is 5.92 Å². The lowest BCUT2D eigenvalue weighted by Gasteiger charge is -2.39. The topological polar surface area (TPSA) is 24.9 Å². The molecule has 2 aromatic rings. The summed E-state index contributed by atoms with van der Waals surface area (Å²) in [5.41, 5.74) is 1.05. The zero-order valence-corrected chi connectivity index (χ0v) is 13.3. The van der Waals surface area contributed by atoms with Crippen LogP contribution in [0.1, 0.15) is 35.1 Å². The number of hydrogen-bond acceptors (Lipinski definition) is 2. The van der Waals surface area contributed by atoms with Gasteiger partial charge in [0.2, 0.25) is 0 Å². The van der Waals surface area contributed by atoms with Crippen molar-refractivity contribution in [1.82, 2.24) is 4.98 Å². The van der Waals surface area contributed by atoms with Crippen LogP contribution in [0.5, 0.6) is 0 Å². The van der Waals surface area contributed by atoms with Crippen molar-refractivity contribution in [2.75, 3.05) is 5.32 Å². The van der Waals surface area contributed by atoms with E-state index >= 15 is 0 Å². The summed E-state index contributed by atoms with van der Waals surface area (Å²) in [5.74, 6) is -0.269. The molecular weight excluding hydrogens is 337 g/mol. The molecule has 2 aliphatic rings. The Morgan fingerprint density at radius 3 is 2.58 bits per heavy atom. The first-order chi connectivity index (χ1) is 11.5. The minimum atomic E-state index is -4.40. The predicted octanol–water partition coefficient (Wildman–Crippen LogP) is 5.58. The van der Waals surface area contributed by atoms with Gasteiger partial charge >= 0.3 is 6.18 Å². The number of nitrogens with zero attached hydrogens (tertiary/aromatic N) is 1. The van der Waals surface area contributed by atoms with Crippen molar-refractivity contribution in [3.05, 3.63) is 70.5 Å². The van der Waals surface area contributed by atoms with Gasteiger partial charge in [-0.3, -0.25) is 4.98 Å². The van der Waals surface area contributed by atoms with Gasteiger partial charge in [0.1, 0.15) is 0 Å². The van der Waals surface area contributed by atoms with E-state index in [9.17, 15) is 13.2 Å². The van der Waals surface area contributed by atoms with Crippen LogP contribution in [0.2, 0.25) is 5.02 Å². The number of halogens is 4. The van der Waals surface area contributed by atoms with Crippen LogP contribution in [-0.2, 0) is 6.18 Å². The number of anilines is 1. The summed E-state index contributed by atoms with van der Waals surface area (Å²) >= 11 is 6.24. The van der Waals surface area contributed by atoms with Crippen molar-refractivity contribution >= 4 is 17.3 Å². The maximum Gasteiger partial charge on any atom is 0.416 e. The first-order valence-electron chi connectivity index (χ1n) is 7.69. The fourth-order valence-corrected chi connectivity index (χ4v) is 4.04. The molecule has 1 N–H and O–H groups in total. The van der Waals surface area contributed by atoms with Gasteiger partial charge in [-0.15, -0.1) is 0 Å². The summed E-state index contributed by atoms with van der Waals surface area (Å²) in [6, 6.07) is 6.08. The molecule has 0 unspecified atom stereocenters. The molecule has 2 nitrogen and oxygen atoms in total. The normalized spacial score (nSPS) is 25.1. The first-order valence-corrected chi connectivity index (χ1v) is 8.07. The monoisotopic (exact) mass is 350 g/mol. The molecule has 0 radical (unpaired) electrons. The molecule has 0 spiro atoms. The van der Waals surface area contributed by atoms with E-state index in [1.807, 2.05) is 24.3 Å². The van der Waals surface area contributed by atoms with Gasteiger partial charge in [0.05, 0.1) is 22.3 Å². The largest absolute Gasteiger partial charge is 0.416 e. The second-order valence-electron chi connectivity index (χ2n) is 6.14. The summed E-state index contributed by atoms with van der Waals surface area (Å²) in [6.07, 6.45) is 3.55. The van der Waals surface area contributed by atoms with Crippen LogP contribution >= 0.6 is 11.6 Å². The van der Waals surface area contributed by atoms with Gasteiger partial charge in [0.15, 0.2) is 0 Å². The molecule has 24 heavy (non-hydrogen) atoms. The van der Waals surface area contributed by atoms with Crippen LogP contribution in [0.15, 0.2) is 48.8 Å². The minimum absolute atomic E-state index is 0.0273. The quantitative estimate of drug-likeness (QED) is 0.679. The van der Waals surface area contributed by atoms with Gasteiger partial charge in [-0.05, 0) is 47.7 Å². The number of fused-ring (bicyclic) bond motifs is 3. The number of aromatic nitrogens is 1. The Kier molecular flexibility index (Phi) is 3.57. The van der Waals surface area contributed by atoms with Crippen molar-refractivity contribution in [3.63, 3.8) is 0 Å². The highest BCUT2D eigenvalue weighted by molar-refractivity contribution is 6.33. The highest BCUT2D eigenvalue weighted by Crippen LogP contribution is 2.54. The van der Waals surface area contributed by atoms with Gasteiger partial charge in [0, 0.05) is 18.3 Å². The Bertz CT molecular complexity index is 802. The summed E-state index contributed by atoms with van der Waals surface area (Å²) in [4.78, 5) is 4.02. The third-order valence-electron chi connectivity index (χ3n) is 4.84. The number of benzene rings is 1. The average Bonchev–Trinajstić information content (AvgIpc) is 3.04. The molecule has 124 valence electrons. The van der Waals surface area contributed by atoms with E-state index in [0.29, 0.717) is 10.7 Å². The van der Waals surface area contributed by atoms with E-state index in [0.717, 1.165) is 18.1 Å². The fraction of sp³-hybridized carbons (Fsp3) is 0.278. The molecule has 0 saturated heterocycles. The van der Waals surface area contributed by atoms with Crippen molar-refractivity contribution in [2.45, 2.75) is 24.6 Å². The third-order valence-corrected chi connectivity index (χ3v) is 5.15. The molecule has 1 aromatic carbocycles. The Hall–Kier alpha value is -2.01. The average molecular weight is 351 g/mol. The van der Waals surface area contributed by atoms with Gasteiger partial charge in [-0.2, -0.15) is 13.2 Å². The number of nitrogens with one attached hydrogen (secondary N) is 1. The highest BCUT2D eigenvalue weighted by Gasteiger charge is 2.44. The molecule has 4 rings (SSSR count). The van der Waals surface area contributed by atoms with Gasteiger partial charge in [-0.1, -0.05) is 23.8 Å². The zero-order valence-electron chi connectivity index (χ0n) is 12.5. The third kappa shape index (κ3) is 2.38. The molecule has 0 amide bonds. The minimum Gasteiger partial charge on any atom is -0.376 e. The van der Waals surface area contributed by atoms with E-state index in [1.54, 1.807) is 12.4 Å². The summed E-state index contributed by atoms with van der Waals surface area (Å²) in [7, 11) is 0. The Labute approximate surface area is 142 Å². The van der Waals surface area contributed by atoms with Crippen LogP contribution < -0.4 is 5.32 Å². The molecule has 1 aliphatic carbocycles. The standard InChI is InChI=1S/C18H14ClF3N2/c19-14-5-4-13(18(20,21)22)15-11-2-1-3-12(11)16(24-17(14)15)10-6-8-23-9-7-10/h1-2,4-9,11-12,16,24H,3H2/t11-,12+,16-/m1/s1. The SMILES string of the molecule is FC(F)(F)c1ccc(Cl)c2c1[C@@H]1C=CC[C@@H]1[C@@H](c1ccncc1)N2. The molecule has 0 saturated carbocycles.